The Kier molecular flexibility index (Phi) is 5.92. The molecular formula is C6H12Cl2NOPS2. The summed E-state index contributed by atoms with van der Waals surface area (Å²) in [6, 6.07) is 0. The van der Waals surface area contributed by atoms with Crippen molar-refractivity contribution in [1.82, 2.24) is 4.67 Å². The normalized spacial score (nSPS) is 21.2. The fourth-order valence-electron chi connectivity index (χ4n) is 1.06. The molecule has 2 nitrogen and oxygen atoms in total. The third-order valence-electron chi connectivity index (χ3n) is 1.62. The molecule has 1 heterocycles. The van der Waals surface area contributed by atoms with Gasteiger partial charge in [0.2, 0.25) is 0 Å². The highest BCUT2D eigenvalue weighted by Crippen LogP contribution is 2.75. The van der Waals surface area contributed by atoms with Gasteiger partial charge in [0.05, 0.1) is 0 Å². The zero-order chi connectivity index (χ0) is 9.73. The minimum Gasteiger partial charge on any atom is -0.283 e. The van der Waals surface area contributed by atoms with Crippen LogP contribution < -0.4 is 0 Å². The largest absolute Gasteiger partial charge is 0.283 e. The van der Waals surface area contributed by atoms with Crippen LogP contribution in [-0.2, 0) is 4.57 Å². The molecule has 0 N–H and O–H groups in total. The summed E-state index contributed by atoms with van der Waals surface area (Å²) in [6.07, 6.45) is 0. The average molecular weight is 280 g/mol. The first-order valence-electron chi connectivity index (χ1n) is 3.99. The molecule has 1 saturated heterocycles. The molecule has 0 unspecified atom stereocenters. The van der Waals surface area contributed by atoms with Crippen molar-refractivity contribution >= 4 is 51.7 Å². The van der Waals surface area contributed by atoms with Gasteiger partial charge < -0.3 is 0 Å². The summed E-state index contributed by atoms with van der Waals surface area (Å²) in [7, 11) is 0. The Labute approximate surface area is 97.0 Å². The summed E-state index contributed by atoms with van der Waals surface area (Å²) in [5.74, 6) is 2.98. The van der Waals surface area contributed by atoms with E-state index in [1.165, 1.54) is 0 Å². The van der Waals surface area contributed by atoms with E-state index in [4.69, 9.17) is 23.2 Å². The van der Waals surface area contributed by atoms with Gasteiger partial charge in [-0.2, -0.15) is 0 Å². The molecule has 0 aromatic heterocycles. The molecule has 0 amide bonds. The first-order chi connectivity index (χ1) is 6.23. The average Bonchev–Trinajstić information content (AvgIpc) is 2.53. The van der Waals surface area contributed by atoms with E-state index < -0.39 is 5.70 Å². The van der Waals surface area contributed by atoms with E-state index in [-0.39, 0.29) is 0 Å². The molecule has 0 aromatic carbocycles. The minimum absolute atomic E-state index is 0.516. The van der Waals surface area contributed by atoms with E-state index in [1.807, 2.05) is 4.67 Å². The lowest BCUT2D eigenvalue weighted by molar-refractivity contribution is 0.472. The number of halogens is 2. The second-order valence-corrected chi connectivity index (χ2v) is 11.3. The summed E-state index contributed by atoms with van der Waals surface area (Å²) < 4.78 is 14.2. The minimum atomic E-state index is -2.22. The zero-order valence-electron chi connectivity index (χ0n) is 7.12. The highest BCUT2D eigenvalue weighted by molar-refractivity contribution is 8.91. The smallest absolute Gasteiger partial charge is 0.257 e. The van der Waals surface area contributed by atoms with Crippen molar-refractivity contribution < 1.29 is 4.57 Å². The molecule has 0 spiro atoms. The quantitative estimate of drug-likeness (QED) is 0.568. The molecule has 1 aliphatic rings. The number of alkyl halides is 2. The summed E-state index contributed by atoms with van der Waals surface area (Å²) in [4.78, 5) is 0. The van der Waals surface area contributed by atoms with Gasteiger partial charge in [0.1, 0.15) is 0 Å². The van der Waals surface area contributed by atoms with Crippen LogP contribution in [0.5, 0.6) is 0 Å². The molecule has 1 aliphatic heterocycles. The van der Waals surface area contributed by atoms with Crippen molar-refractivity contribution in [3.8, 4) is 0 Å². The van der Waals surface area contributed by atoms with Gasteiger partial charge in [-0.1, -0.05) is 22.8 Å². The van der Waals surface area contributed by atoms with Crippen LogP contribution in [-0.4, -0.2) is 41.0 Å². The van der Waals surface area contributed by atoms with Crippen LogP contribution in [0.15, 0.2) is 0 Å². The Balaban J connectivity index is 2.56. The summed E-state index contributed by atoms with van der Waals surface area (Å²) in [6.45, 7) is 1.34. The van der Waals surface area contributed by atoms with Gasteiger partial charge >= 0.3 is 0 Å². The monoisotopic (exact) mass is 279 g/mol. The van der Waals surface area contributed by atoms with Crippen molar-refractivity contribution in [1.29, 1.82) is 0 Å². The maximum Gasteiger partial charge on any atom is 0.257 e. The maximum atomic E-state index is 12.2. The van der Waals surface area contributed by atoms with Crippen molar-refractivity contribution in [3.63, 3.8) is 0 Å². The van der Waals surface area contributed by atoms with Crippen molar-refractivity contribution in [2.24, 2.45) is 0 Å². The van der Waals surface area contributed by atoms with E-state index in [0.29, 0.717) is 24.8 Å². The Bertz CT molecular complexity index is 191. The molecule has 7 heteroatoms. The number of hydrogen-bond acceptors (Lipinski definition) is 3. The van der Waals surface area contributed by atoms with Crippen LogP contribution in [0.2, 0.25) is 0 Å². The van der Waals surface area contributed by atoms with Gasteiger partial charge in [-0.15, -0.1) is 23.2 Å². The van der Waals surface area contributed by atoms with Gasteiger partial charge in [-0.3, -0.25) is 4.57 Å². The number of nitrogens with zero attached hydrogens (tertiary/aromatic N) is 1. The van der Waals surface area contributed by atoms with E-state index in [9.17, 15) is 4.57 Å². The highest BCUT2D eigenvalue weighted by Gasteiger charge is 2.35. The van der Waals surface area contributed by atoms with Gasteiger partial charge in [-0.25, -0.2) is 4.67 Å². The Morgan fingerprint density at radius 3 is 2.00 bits per heavy atom. The van der Waals surface area contributed by atoms with Crippen LogP contribution in [0.1, 0.15) is 0 Å². The standard InChI is InChI=1S/C6H12Cl2NOPS2/c7-1-3-9(4-2-8)11(10)12-5-6-13-11/h1-6H2. The van der Waals surface area contributed by atoms with Crippen molar-refractivity contribution in [2.75, 3.05) is 36.4 Å². The van der Waals surface area contributed by atoms with Crippen LogP contribution in [0.4, 0.5) is 0 Å². The number of hydrogen-bond donors (Lipinski definition) is 0. The van der Waals surface area contributed by atoms with Crippen LogP contribution in [0.3, 0.4) is 0 Å². The molecule has 1 fully saturated rings. The molecule has 13 heavy (non-hydrogen) atoms. The van der Waals surface area contributed by atoms with Gasteiger partial charge in [0.25, 0.3) is 5.70 Å². The topological polar surface area (TPSA) is 20.3 Å². The van der Waals surface area contributed by atoms with Crippen molar-refractivity contribution in [2.45, 2.75) is 0 Å². The second kappa shape index (κ2) is 6.14. The van der Waals surface area contributed by atoms with Crippen LogP contribution >= 0.6 is 51.7 Å². The molecule has 0 aromatic rings. The Hall–Kier alpha value is 1.47. The van der Waals surface area contributed by atoms with E-state index in [2.05, 4.69) is 0 Å². The van der Waals surface area contributed by atoms with Crippen LogP contribution in [0, 0.1) is 0 Å². The summed E-state index contributed by atoms with van der Waals surface area (Å²) in [5.41, 5.74) is -2.22. The second-order valence-electron chi connectivity index (χ2n) is 2.47. The maximum absolute atomic E-state index is 12.2. The molecule has 0 radical (unpaired) electrons. The molecule has 78 valence electrons. The van der Waals surface area contributed by atoms with Crippen molar-refractivity contribution in [3.05, 3.63) is 0 Å². The zero-order valence-corrected chi connectivity index (χ0v) is 11.2. The lowest BCUT2D eigenvalue weighted by Crippen LogP contribution is -2.22. The predicted molar refractivity (Wildman–Crippen MR) is 65.5 cm³/mol. The van der Waals surface area contributed by atoms with Gasteiger partial charge in [0, 0.05) is 36.4 Å². The van der Waals surface area contributed by atoms with Gasteiger partial charge in [-0.05, 0) is 0 Å². The molecule has 0 saturated carbocycles. The van der Waals surface area contributed by atoms with E-state index in [0.717, 1.165) is 11.5 Å². The predicted octanol–water partition coefficient (Wildman–Crippen LogP) is 3.35. The van der Waals surface area contributed by atoms with E-state index in [1.54, 1.807) is 22.8 Å². The molecule has 0 bridgehead atoms. The van der Waals surface area contributed by atoms with Crippen LogP contribution in [0.25, 0.3) is 0 Å². The summed E-state index contributed by atoms with van der Waals surface area (Å²) in [5, 5.41) is 0. The lowest BCUT2D eigenvalue weighted by Gasteiger charge is -2.25. The molecule has 1 rings (SSSR count). The fourth-order valence-corrected chi connectivity index (χ4v) is 10.8. The first kappa shape index (κ1) is 12.5. The molecule has 0 atom stereocenters. The fraction of sp³-hybridized carbons (Fsp3) is 1.00. The first-order valence-corrected chi connectivity index (χ1v) is 9.90. The molecular weight excluding hydrogens is 268 g/mol. The molecule has 0 aliphatic carbocycles. The Morgan fingerprint density at radius 2 is 1.62 bits per heavy atom. The third-order valence-corrected chi connectivity index (χ3v) is 11.1. The Morgan fingerprint density at radius 1 is 1.15 bits per heavy atom. The number of rotatable bonds is 5. The van der Waals surface area contributed by atoms with E-state index >= 15 is 0 Å². The summed E-state index contributed by atoms with van der Waals surface area (Å²) >= 11 is 14.4. The van der Waals surface area contributed by atoms with Gasteiger partial charge in [0.15, 0.2) is 0 Å². The highest BCUT2D eigenvalue weighted by atomic mass is 35.5. The third kappa shape index (κ3) is 3.51. The SMILES string of the molecule is O=P1(N(CCCl)CCCl)SCCS1. The lowest BCUT2D eigenvalue weighted by atomic mass is 10.7.